The number of aliphatic imine (C=N–C) groups is 1. The summed E-state index contributed by atoms with van der Waals surface area (Å²) in [6.07, 6.45) is 1.86. The first-order valence-electron chi connectivity index (χ1n) is 11.9. The third kappa shape index (κ3) is 5.99. The lowest BCUT2D eigenvalue weighted by Gasteiger charge is -2.16. The second-order valence-electron chi connectivity index (χ2n) is 8.51. The summed E-state index contributed by atoms with van der Waals surface area (Å²) in [6.45, 7) is 4.90. The predicted molar refractivity (Wildman–Crippen MR) is 161 cm³/mol. The van der Waals surface area contributed by atoms with E-state index in [0.717, 1.165) is 25.9 Å². The molecule has 0 saturated carbocycles. The van der Waals surface area contributed by atoms with E-state index < -0.39 is 0 Å². The van der Waals surface area contributed by atoms with E-state index in [9.17, 15) is 4.79 Å². The van der Waals surface area contributed by atoms with Gasteiger partial charge in [-0.15, -0.1) is 0 Å². The van der Waals surface area contributed by atoms with Gasteiger partial charge < -0.3 is 14.8 Å². The van der Waals surface area contributed by atoms with Crippen molar-refractivity contribution in [2.45, 2.75) is 20.5 Å². The van der Waals surface area contributed by atoms with Crippen molar-refractivity contribution in [2.24, 2.45) is 4.99 Å². The average molecular weight is 621 g/mol. The van der Waals surface area contributed by atoms with Gasteiger partial charge in [0.25, 0.3) is 5.91 Å². The van der Waals surface area contributed by atoms with Crippen molar-refractivity contribution in [3.05, 3.63) is 104 Å². The number of carbonyl (C=O) groups excluding carboxylic acids is 1. The molecule has 0 spiro atoms. The van der Waals surface area contributed by atoms with Gasteiger partial charge >= 0.3 is 0 Å². The van der Waals surface area contributed by atoms with Crippen LogP contribution < -0.4 is 14.8 Å². The fourth-order valence-corrected chi connectivity index (χ4v) is 5.63. The number of nitrogens with zero attached hydrogens (tertiary/aromatic N) is 1. The molecule has 4 aromatic carbocycles. The van der Waals surface area contributed by atoms with E-state index >= 15 is 0 Å². The smallest absolute Gasteiger partial charge is 0.264 e. The predicted octanol–water partition coefficient (Wildman–Crippen LogP) is 7.62. The second kappa shape index (κ2) is 11.4. The highest BCUT2D eigenvalue weighted by molar-refractivity contribution is 14.1. The molecule has 0 radical (unpaired) electrons. The molecule has 0 aromatic heterocycles. The van der Waals surface area contributed by atoms with Gasteiger partial charge in [0, 0.05) is 0 Å². The SMILES string of the molecule is CCOc1cc(/C=C2\SC(=Nc3ccc(C)cc3)NC2=O)cc(I)c1OCc1cccc2ccccc12. The van der Waals surface area contributed by atoms with Crippen LogP contribution in [0.25, 0.3) is 16.8 Å². The van der Waals surface area contributed by atoms with Crippen molar-refractivity contribution in [2.75, 3.05) is 6.61 Å². The first-order chi connectivity index (χ1) is 18.0. The van der Waals surface area contributed by atoms with Crippen LogP contribution in [0.2, 0.25) is 0 Å². The highest BCUT2D eigenvalue weighted by Crippen LogP contribution is 2.37. The van der Waals surface area contributed by atoms with Gasteiger partial charge in [0.15, 0.2) is 16.7 Å². The monoisotopic (exact) mass is 620 g/mol. The highest BCUT2D eigenvalue weighted by Gasteiger charge is 2.24. The van der Waals surface area contributed by atoms with Crippen LogP contribution in [0, 0.1) is 10.5 Å². The summed E-state index contributed by atoms with van der Waals surface area (Å²) in [5, 5.41) is 5.77. The number of aryl methyl sites for hydroxylation is 1. The summed E-state index contributed by atoms with van der Waals surface area (Å²) in [4.78, 5) is 17.8. The molecule has 7 heteroatoms. The van der Waals surface area contributed by atoms with Crippen molar-refractivity contribution in [3.8, 4) is 11.5 Å². The van der Waals surface area contributed by atoms with Crippen LogP contribution in [0.1, 0.15) is 23.6 Å². The largest absolute Gasteiger partial charge is 0.490 e. The molecular formula is C30H25IN2O3S. The molecule has 4 aromatic rings. The molecule has 0 atom stereocenters. The molecule has 1 N–H and O–H groups in total. The van der Waals surface area contributed by atoms with Gasteiger partial charge in [-0.2, -0.15) is 0 Å². The average Bonchev–Trinajstić information content (AvgIpc) is 3.23. The number of ether oxygens (including phenoxy) is 2. The number of thioether (sulfide) groups is 1. The zero-order valence-electron chi connectivity index (χ0n) is 20.5. The molecule has 37 heavy (non-hydrogen) atoms. The van der Waals surface area contributed by atoms with Crippen LogP contribution in [0.15, 0.2) is 88.8 Å². The lowest BCUT2D eigenvalue weighted by Crippen LogP contribution is -2.19. The molecule has 1 heterocycles. The van der Waals surface area contributed by atoms with Crippen molar-refractivity contribution < 1.29 is 14.3 Å². The third-order valence-corrected chi connectivity index (χ3v) is 7.51. The fraction of sp³-hybridized carbons (Fsp3) is 0.133. The molecular weight excluding hydrogens is 595 g/mol. The first kappa shape index (κ1) is 25.4. The van der Waals surface area contributed by atoms with Gasteiger partial charge in [-0.25, -0.2) is 4.99 Å². The molecule has 186 valence electrons. The van der Waals surface area contributed by atoms with Crippen molar-refractivity contribution in [1.82, 2.24) is 5.32 Å². The molecule has 1 saturated heterocycles. The molecule has 0 aliphatic carbocycles. The van der Waals surface area contributed by atoms with Crippen molar-refractivity contribution in [3.63, 3.8) is 0 Å². The molecule has 1 aliphatic rings. The fourth-order valence-electron chi connectivity index (χ4n) is 4.01. The maximum atomic E-state index is 12.6. The van der Waals surface area contributed by atoms with Gasteiger partial charge in [-0.1, -0.05) is 60.2 Å². The number of rotatable bonds is 7. The number of amides is 1. The number of nitrogens with one attached hydrogen (secondary N) is 1. The number of fused-ring (bicyclic) bond motifs is 1. The maximum Gasteiger partial charge on any atom is 0.264 e. The number of hydrogen-bond acceptors (Lipinski definition) is 5. The van der Waals surface area contributed by atoms with E-state index in [-0.39, 0.29) is 5.91 Å². The summed E-state index contributed by atoms with van der Waals surface area (Å²) >= 11 is 3.59. The maximum absolute atomic E-state index is 12.6. The molecule has 1 amide bonds. The Morgan fingerprint density at radius 1 is 1.00 bits per heavy atom. The van der Waals surface area contributed by atoms with Crippen LogP contribution >= 0.6 is 34.4 Å². The minimum Gasteiger partial charge on any atom is -0.490 e. The zero-order valence-corrected chi connectivity index (χ0v) is 23.4. The topological polar surface area (TPSA) is 59.9 Å². The normalized spacial score (nSPS) is 15.4. The summed E-state index contributed by atoms with van der Waals surface area (Å²) in [6, 6.07) is 26.3. The van der Waals surface area contributed by atoms with Crippen LogP contribution in [0.5, 0.6) is 11.5 Å². The quantitative estimate of drug-likeness (QED) is 0.171. The Hall–Kier alpha value is -3.30. The summed E-state index contributed by atoms with van der Waals surface area (Å²) in [5.41, 5.74) is 3.94. The van der Waals surface area contributed by atoms with E-state index in [0.29, 0.717) is 34.8 Å². The number of hydrogen-bond donors (Lipinski definition) is 1. The Morgan fingerprint density at radius 3 is 2.59 bits per heavy atom. The Bertz CT molecular complexity index is 1520. The van der Waals surface area contributed by atoms with Gasteiger partial charge in [0.2, 0.25) is 0 Å². The number of halogens is 1. The standard InChI is InChI=1S/C30H25IN2O3S/c1-3-35-26-16-20(17-27-29(34)33-30(37-27)32-23-13-11-19(2)12-14-23)15-25(31)28(26)36-18-22-9-6-8-21-7-4-5-10-24(21)22/h4-17H,3,18H2,1-2H3,(H,32,33,34)/b27-17-. The first-order valence-corrected chi connectivity index (χ1v) is 13.8. The lowest BCUT2D eigenvalue weighted by atomic mass is 10.1. The Morgan fingerprint density at radius 2 is 1.78 bits per heavy atom. The van der Waals surface area contributed by atoms with E-state index in [1.807, 2.05) is 74.5 Å². The van der Waals surface area contributed by atoms with Crippen LogP contribution in [-0.2, 0) is 11.4 Å². The van der Waals surface area contributed by atoms with Gasteiger partial charge in [0.05, 0.1) is 20.8 Å². The molecule has 5 rings (SSSR count). The summed E-state index contributed by atoms with van der Waals surface area (Å²) < 4.78 is 13.2. The highest BCUT2D eigenvalue weighted by atomic mass is 127. The minimum atomic E-state index is -0.167. The van der Waals surface area contributed by atoms with Crippen LogP contribution in [-0.4, -0.2) is 17.7 Å². The third-order valence-electron chi connectivity index (χ3n) is 5.80. The van der Waals surface area contributed by atoms with Gasteiger partial charge in [0.1, 0.15) is 6.61 Å². The minimum absolute atomic E-state index is 0.167. The second-order valence-corrected chi connectivity index (χ2v) is 10.7. The number of amidine groups is 1. The number of carbonyl (C=O) groups is 1. The van der Waals surface area contributed by atoms with Crippen LogP contribution in [0.3, 0.4) is 0 Å². The lowest BCUT2D eigenvalue weighted by molar-refractivity contribution is -0.115. The zero-order chi connectivity index (χ0) is 25.8. The van der Waals surface area contributed by atoms with E-state index in [2.05, 4.69) is 57.2 Å². The molecule has 1 fully saturated rings. The molecule has 0 unspecified atom stereocenters. The summed E-state index contributed by atoms with van der Waals surface area (Å²) in [5.74, 6) is 1.18. The van der Waals surface area contributed by atoms with E-state index in [1.54, 1.807) is 0 Å². The Balaban J connectivity index is 1.38. The van der Waals surface area contributed by atoms with Crippen molar-refractivity contribution >= 4 is 68.0 Å². The molecule has 0 bridgehead atoms. The Kier molecular flexibility index (Phi) is 7.81. The molecule has 5 nitrogen and oxygen atoms in total. The Labute approximate surface area is 234 Å². The summed E-state index contributed by atoms with van der Waals surface area (Å²) in [7, 11) is 0. The van der Waals surface area contributed by atoms with E-state index in [4.69, 9.17) is 9.47 Å². The van der Waals surface area contributed by atoms with Crippen molar-refractivity contribution in [1.29, 1.82) is 0 Å². The van der Waals surface area contributed by atoms with E-state index in [1.165, 1.54) is 22.5 Å². The van der Waals surface area contributed by atoms with Gasteiger partial charge in [-0.05, 0) is 100 Å². The number of benzene rings is 4. The van der Waals surface area contributed by atoms with Crippen LogP contribution in [0.4, 0.5) is 5.69 Å². The molecule has 1 aliphatic heterocycles. The van der Waals surface area contributed by atoms with Gasteiger partial charge in [-0.3, -0.25) is 4.79 Å².